The Morgan fingerprint density at radius 3 is 2.60 bits per heavy atom. The fourth-order valence-corrected chi connectivity index (χ4v) is 1.46. The van der Waals surface area contributed by atoms with Crippen LogP contribution in [-0.4, -0.2) is 25.6 Å². The first-order chi connectivity index (χ1) is 6.81. The van der Waals surface area contributed by atoms with Crippen molar-refractivity contribution in [3.05, 3.63) is 24.3 Å². The Balaban J connectivity index is 0.00000196. The zero-order valence-electron chi connectivity index (χ0n) is 8.98. The van der Waals surface area contributed by atoms with Gasteiger partial charge in [-0.1, -0.05) is 23.9 Å². The van der Waals surface area contributed by atoms with Gasteiger partial charge in [0.15, 0.2) is 5.17 Å². The van der Waals surface area contributed by atoms with Crippen LogP contribution in [0.5, 0.6) is 5.75 Å². The smallest absolute Gasteiger partial charge is 0.160 e. The molecule has 1 aromatic rings. The van der Waals surface area contributed by atoms with Crippen LogP contribution in [-0.2, 0) is 0 Å². The molecule has 15 heavy (non-hydrogen) atoms. The topological polar surface area (TPSA) is 33.6 Å². The average Bonchev–Trinajstić information content (AvgIpc) is 2.26. The Morgan fingerprint density at radius 2 is 2.07 bits per heavy atom. The van der Waals surface area contributed by atoms with Gasteiger partial charge in [-0.05, 0) is 18.4 Å². The summed E-state index contributed by atoms with van der Waals surface area (Å²) >= 11 is 1.57. The lowest BCUT2D eigenvalue weighted by Gasteiger charge is -2.10. The zero-order valence-corrected chi connectivity index (χ0v) is 12.1. The van der Waals surface area contributed by atoms with E-state index in [9.17, 15) is 0 Å². The highest BCUT2D eigenvalue weighted by molar-refractivity contribution is 14.0. The molecule has 5 heteroatoms. The van der Waals surface area contributed by atoms with Crippen LogP contribution in [0.15, 0.2) is 29.3 Å². The number of nitrogens with zero attached hydrogens (tertiary/aromatic N) is 1. The average molecular weight is 338 g/mol. The Bertz CT molecular complexity index is 331. The van der Waals surface area contributed by atoms with Gasteiger partial charge in [0.25, 0.3) is 0 Å². The molecule has 3 nitrogen and oxygen atoms in total. The van der Waals surface area contributed by atoms with Crippen molar-refractivity contribution in [3.63, 3.8) is 0 Å². The number of halogens is 1. The lowest BCUT2D eigenvalue weighted by molar-refractivity contribution is 0.417. The van der Waals surface area contributed by atoms with Gasteiger partial charge in [-0.25, -0.2) is 0 Å². The molecule has 0 heterocycles. The molecule has 0 aliphatic heterocycles. The molecular formula is C10H15IN2OS. The summed E-state index contributed by atoms with van der Waals surface area (Å²) in [5.74, 6) is 0.822. The highest BCUT2D eigenvalue weighted by Crippen LogP contribution is 2.23. The second kappa shape index (κ2) is 7.81. The number of aliphatic imine (C=N–C) groups is 1. The number of rotatable bonds is 2. The van der Waals surface area contributed by atoms with Crippen molar-refractivity contribution < 1.29 is 4.74 Å². The minimum absolute atomic E-state index is 0. The number of amidine groups is 1. The first-order valence-corrected chi connectivity index (χ1v) is 5.45. The summed E-state index contributed by atoms with van der Waals surface area (Å²) in [6.45, 7) is 0. The van der Waals surface area contributed by atoms with Gasteiger partial charge in [0.1, 0.15) is 5.75 Å². The fourth-order valence-electron chi connectivity index (χ4n) is 1.06. The third-order valence-electron chi connectivity index (χ3n) is 1.75. The molecule has 1 rings (SSSR count). The second-order valence-electron chi connectivity index (χ2n) is 2.56. The standard InChI is InChI=1S/C10H14N2OS.HI/c1-11-10(14-3)12-8-6-4-5-7-9(8)13-2;/h4-7H,1-3H3,(H,11,12);1H. The van der Waals surface area contributed by atoms with Gasteiger partial charge in [-0.15, -0.1) is 24.0 Å². The Kier molecular flexibility index (Phi) is 7.59. The number of benzene rings is 1. The van der Waals surface area contributed by atoms with Crippen molar-refractivity contribution in [1.82, 2.24) is 0 Å². The quantitative estimate of drug-likeness (QED) is 0.511. The number of nitrogens with one attached hydrogen (secondary N) is 1. The van der Waals surface area contributed by atoms with Crippen LogP contribution in [0.2, 0.25) is 0 Å². The Labute approximate surface area is 112 Å². The van der Waals surface area contributed by atoms with Crippen LogP contribution >= 0.6 is 35.7 Å². The molecule has 84 valence electrons. The fraction of sp³-hybridized carbons (Fsp3) is 0.300. The summed E-state index contributed by atoms with van der Waals surface area (Å²) in [6.07, 6.45) is 1.98. The summed E-state index contributed by atoms with van der Waals surface area (Å²) < 4.78 is 5.21. The van der Waals surface area contributed by atoms with Gasteiger partial charge in [0.2, 0.25) is 0 Å². The van der Waals surface area contributed by atoms with Crippen LogP contribution in [0.3, 0.4) is 0 Å². The molecule has 0 aromatic heterocycles. The highest BCUT2D eigenvalue weighted by Gasteiger charge is 2.02. The number of thioether (sulfide) groups is 1. The van der Waals surface area contributed by atoms with E-state index in [-0.39, 0.29) is 24.0 Å². The third-order valence-corrected chi connectivity index (χ3v) is 2.42. The predicted octanol–water partition coefficient (Wildman–Crippen LogP) is 3.07. The largest absolute Gasteiger partial charge is 0.495 e. The molecule has 0 unspecified atom stereocenters. The molecule has 1 aromatic carbocycles. The molecule has 1 N–H and O–H groups in total. The van der Waals surface area contributed by atoms with Crippen molar-refractivity contribution in [2.24, 2.45) is 4.99 Å². The van der Waals surface area contributed by atoms with Crippen molar-refractivity contribution in [1.29, 1.82) is 0 Å². The minimum atomic E-state index is 0. The maximum atomic E-state index is 5.21. The van der Waals surface area contributed by atoms with Crippen LogP contribution in [0.4, 0.5) is 5.69 Å². The van der Waals surface area contributed by atoms with Crippen LogP contribution < -0.4 is 10.1 Å². The van der Waals surface area contributed by atoms with E-state index in [1.54, 1.807) is 25.9 Å². The summed E-state index contributed by atoms with van der Waals surface area (Å²) in [5, 5.41) is 4.06. The van der Waals surface area contributed by atoms with Crippen LogP contribution in [0.1, 0.15) is 0 Å². The van der Waals surface area contributed by atoms with Crippen LogP contribution in [0, 0.1) is 0 Å². The van der Waals surface area contributed by atoms with Crippen molar-refractivity contribution in [3.8, 4) is 5.75 Å². The summed E-state index contributed by atoms with van der Waals surface area (Å²) in [4.78, 5) is 4.09. The maximum Gasteiger partial charge on any atom is 0.160 e. The van der Waals surface area contributed by atoms with Gasteiger partial charge in [0, 0.05) is 7.05 Å². The van der Waals surface area contributed by atoms with E-state index < -0.39 is 0 Å². The maximum absolute atomic E-state index is 5.21. The lowest BCUT2D eigenvalue weighted by atomic mass is 10.3. The number of hydrogen-bond acceptors (Lipinski definition) is 3. The van der Waals surface area contributed by atoms with E-state index in [0.717, 1.165) is 16.6 Å². The highest BCUT2D eigenvalue weighted by atomic mass is 127. The Morgan fingerprint density at radius 1 is 1.40 bits per heavy atom. The normalized spacial score (nSPS) is 10.5. The first kappa shape index (κ1) is 14.6. The monoisotopic (exact) mass is 338 g/mol. The van der Waals surface area contributed by atoms with Gasteiger partial charge < -0.3 is 10.1 Å². The van der Waals surface area contributed by atoms with Gasteiger partial charge in [0.05, 0.1) is 12.8 Å². The van der Waals surface area contributed by atoms with Gasteiger partial charge in [-0.3, -0.25) is 4.99 Å². The number of methoxy groups -OCH3 is 1. The minimum Gasteiger partial charge on any atom is -0.495 e. The molecule has 0 aliphatic rings. The summed E-state index contributed by atoms with van der Waals surface area (Å²) in [6, 6.07) is 7.76. The Hall–Kier alpha value is -0.430. The molecule has 0 amide bonds. The molecule has 0 fully saturated rings. The lowest BCUT2D eigenvalue weighted by Crippen LogP contribution is -2.07. The van der Waals surface area contributed by atoms with Crippen molar-refractivity contribution >= 4 is 46.6 Å². The van der Waals surface area contributed by atoms with E-state index in [4.69, 9.17) is 4.74 Å². The first-order valence-electron chi connectivity index (χ1n) is 4.22. The summed E-state index contributed by atoms with van der Waals surface area (Å²) in [5.41, 5.74) is 0.935. The van der Waals surface area contributed by atoms with Crippen LogP contribution in [0.25, 0.3) is 0 Å². The van der Waals surface area contributed by atoms with E-state index >= 15 is 0 Å². The number of anilines is 1. The zero-order chi connectivity index (χ0) is 10.4. The number of para-hydroxylation sites is 2. The molecule has 0 saturated heterocycles. The van der Waals surface area contributed by atoms with Gasteiger partial charge in [-0.2, -0.15) is 0 Å². The molecule has 0 aliphatic carbocycles. The molecular weight excluding hydrogens is 323 g/mol. The number of hydrogen-bond donors (Lipinski definition) is 1. The number of ether oxygens (including phenoxy) is 1. The summed E-state index contributed by atoms with van der Waals surface area (Å²) in [7, 11) is 3.41. The molecule has 0 atom stereocenters. The predicted molar refractivity (Wildman–Crippen MR) is 78.9 cm³/mol. The van der Waals surface area contributed by atoms with E-state index in [0.29, 0.717) is 0 Å². The second-order valence-corrected chi connectivity index (χ2v) is 3.35. The molecule has 0 saturated carbocycles. The SMILES string of the molecule is CN=C(Nc1ccccc1OC)SC.I. The van der Waals surface area contributed by atoms with E-state index in [1.807, 2.05) is 30.5 Å². The molecule has 0 radical (unpaired) electrons. The van der Waals surface area contributed by atoms with Gasteiger partial charge >= 0.3 is 0 Å². The van der Waals surface area contributed by atoms with E-state index in [2.05, 4.69) is 10.3 Å². The third kappa shape index (κ3) is 4.29. The van der Waals surface area contributed by atoms with Crippen molar-refractivity contribution in [2.45, 2.75) is 0 Å². The van der Waals surface area contributed by atoms with E-state index in [1.165, 1.54) is 0 Å². The molecule has 0 bridgehead atoms. The van der Waals surface area contributed by atoms with Crippen molar-refractivity contribution in [2.75, 3.05) is 25.7 Å². The molecule has 0 spiro atoms.